The van der Waals surface area contributed by atoms with E-state index in [-0.39, 0.29) is 25.0 Å². The van der Waals surface area contributed by atoms with Crippen LogP contribution in [0, 0.1) is 0 Å². The average molecular weight is 403 g/mol. The number of nitrogens with zero attached hydrogens (tertiary/aromatic N) is 1. The van der Waals surface area contributed by atoms with Gasteiger partial charge in [-0.25, -0.2) is 4.79 Å². The summed E-state index contributed by atoms with van der Waals surface area (Å²) < 4.78 is 0. The Kier molecular flexibility index (Phi) is 6.11. The number of rotatable bonds is 5. The van der Waals surface area contributed by atoms with Gasteiger partial charge in [0.1, 0.15) is 0 Å². The molecule has 27 heavy (non-hydrogen) atoms. The lowest BCUT2D eigenvalue weighted by atomic mass is 10.2. The monoisotopic (exact) mass is 402 g/mol. The van der Waals surface area contributed by atoms with E-state index in [1.54, 1.807) is 24.4 Å². The minimum Gasteiger partial charge on any atom is -0.350 e. The summed E-state index contributed by atoms with van der Waals surface area (Å²) in [6, 6.07) is 13.6. The fraction of sp³-hybridized carbons (Fsp3) is 0.105. The SMILES string of the molecule is O=C(NCCNC(=O)c1ccc(Cl)c(Cl)c1)Nc1cccc2cccnc12. The van der Waals surface area contributed by atoms with E-state index in [1.165, 1.54) is 6.07 Å². The number of anilines is 1. The normalized spacial score (nSPS) is 10.4. The maximum Gasteiger partial charge on any atom is 0.319 e. The average Bonchev–Trinajstić information content (AvgIpc) is 2.67. The van der Waals surface area contributed by atoms with Crippen molar-refractivity contribution in [2.24, 2.45) is 0 Å². The van der Waals surface area contributed by atoms with Crippen molar-refractivity contribution in [3.8, 4) is 0 Å². The lowest BCUT2D eigenvalue weighted by Crippen LogP contribution is -2.36. The molecule has 0 aliphatic carbocycles. The molecule has 3 amide bonds. The third kappa shape index (κ3) is 4.87. The molecule has 0 fully saturated rings. The lowest BCUT2D eigenvalue weighted by Gasteiger charge is -2.10. The first-order valence-electron chi connectivity index (χ1n) is 8.16. The highest BCUT2D eigenvalue weighted by Gasteiger charge is 2.09. The third-order valence-corrected chi connectivity index (χ3v) is 4.50. The van der Waals surface area contributed by atoms with Gasteiger partial charge in [-0.05, 0) is 30.3 Å². The summed E-state index contributed by atoms with van der Waals surface area (Å²) in [6.45, 7) is 0.525. The van der Waals surface area contributed by atoms with Gasteiger partial charge in [-0.2, -0.15) is 0 Å². The van der Waals surface area contributed by atoms with Crippen molar-refractivity contribution in [3.05, 3.63) is 70.3 Å². The van der Waals surface area contributed by atoms with Crippen LogP contribution in [0.1, 0.15) is 10.4 Å². The summed E-state index contributed by atoms with van der Waals surface area (Å²) in [6.07, 6.45) is 1.67. The number of aromatic nitrogens is 1. The highest BCUT2D eigenvalue weighted by atomic mass is 35.5. The molecule has 3 aromatic rings. The predicted octanol–water partition coefficient (Wildman–Crippen LogP) is 4.09. The Bertz CT molecular complexity index is 989. The number of amides is 3. The van der Waals surface area contributed by atoms with Crippen molar-refractivity contribution in [3.63, 3.8) is 0 Å². The number of urea groups is 1. The van der Waals surface area contributed by atoms with E-state index in [1.807, 2.05) is 24.3 Å². The molecule has 0 atom stereocenters. The number of para-hydroxylation sites is 1. The second kappa shape index (κ2) is 8.70. The molecule has 3 N–H and O–H groups in total. The summed E-state index contributed by atoms with van der Waals surface area (Å²) in [7, 11) is 0. The topological polar surface area (TPSA) is 83.1 Å². The molecule has 0 unspecified atom stereocenters. The quantitative estimate of drug-likeness (QED) is 0.561. The summed E-state index contributed by atoms with van der Waals surface area (Å²) in [5.41, 5.74) is 1.73. The number of carbonyl (C=O) groups is 2. The first-order valence-corrected chi connectivity index (χ1v) is 8.92. The Balaban J connectivity index is 1.48. The molecule has 2 aromatic carbocycles. The van der Waals surface area contributed by atoms with Crippen molar-refractivity contribution < 1.29 is 9.59 Å². The maximum absolute atomic E-state index is 12.1. The molecule has 0 saturated heterocycles. The number of fused-ring (bicyclic) bond motifs is 1. The second-order valence-corrected chi connectivity index (χ2v) is 6.46. The first kappa shape index (κ1) is 18.9. The molecule has 0 bridgehead atoms. The number of carbonyl (C=O) groups excluding carboxylic acids is 2. The molecule has 138 valence electrons. The number of nitrogens with one attached hydrogen (secondary N) is 3. The molecule has 6 nitrogen and oxygen atoms in total. The van der Waals surface area contributed by atoms with Crippen molar-refractivity contribution in [1.82, 2.24) is 15.6 Å². The molecule has 0 radical (unpaired) electrons. The number of benzene rings is 2. The standard InChI is InChI=1S/C19H16Cl2N4O2/c20-14-7-6-13(11-15(14)21)18(26)23-9-10-24-19(27)25-16-5-1-3-12-4-2-8-22-17(12)16/h1-8,11H,9-10H2,(H,23,26)(H2,24,25,27). The molecule has 0 aliphatic heterocycles. The molecule has 0 aliphatic rings. The van der Waals surface area contributed by atoms with Gasteiger partial charge < -0.3 is 16.0 Å². The van der Waals surface area contributed by atoms with Crippen LogP contribution < -0.4 is 16.0 Å². The summed E-state index contributed by atoms with van der Waals surface area (Å²) in [5.74, 6) is -0.297. The molecular weight excluding hydrogens is 387 g/mol. The number of halogens is 2. The van der Waals surface area contributed by atoms with E-state index in [2.05, 4.69) is 20.9 Å². The van der Waals surface area contributed by atoms with E-state index in [9.17, 15) is 9.59 Å². The van der Waals surface area contributed by atoms with Gasteiger partial charge in [0, 0.05) is 30.2 Å². The van der Waals surface area contributed by atoms with Crippen molar-refractivity contribution in [2.45, 2.75) is 0 Å². The molecular formula is C19H16Cl2N4O2. The zero-order valence-electron chi connectivity index (χ0n) is 14.1. The van der Waals surface area contributed by atoms with Gasteiger partial charge in [0.15, 0.2) is 0 Å². The zero-order chi connectivity index (χ0) is 19.2. The van der Waals surface area contributed by atoms with Crippen LogP contribution in [0.15, 0.2) is 54.7 Å². The van der Waals surface area contributed by atoms with E-state index < -0.39 is 0 Å². The molecule has 1 aromatic heterocycles. The van der Waals surface area contributed by atoms with Crippen LogP contribution in [0.25, 0.3) is 10.9 Å². The minimum absolute atomic E-state index is 0.261. The smallest absolute Gasteiger partial charge is 0.319 e. The Labute approximate surface area is 165 Å². The third-order valence-electron chi connectivity index (χ3n) is 3.76. The van der Waals surface area contributed by atoms with Crippen molar-refractivity contribution in [2.75, 3.05) is 18.4 Å². The van der Waals surface area contributed by atoms with E-state index >= 15 is 0 Å². The van der Waals surface area contributed by atoms with Crippen LogP contribution in [0.5, 0.6) is 0 Å². The van der Waals surface area contributed by atoms with Gasteiger partial charge in [-0.3, -0.25) is 9.78 Å². The van der Waals surface area contributed by atoms with Crippen LogP contribution in [0.4, 0.5) is 10.5 Å². The molecule has 0 saturated carbocycles. The van der Waals surface area contributed by atoms with Crippen LogP contribution in [0.2, 0.25) is 10.0 Å². The number of hydrogen-bond donors (Lipinski definition) is 3. The molecule has 3 rings (SSSR count). The number of hydrogen-bond acceptors (Lipinski definition) is 3. The molecule has 8 heteroatoms. The zero-order valence-corrected chi connectivity index (χ0v) is 15.6. The Morgan fingerprint density at radius 1 is 0.926 bits per heavy atom. The Hall–Kier alpha value is -2.83. The summed E-state index contributed by atoms with van der Waals surface area (Å²) in [4.78, 5) is 28.4. The second-order valence-electron chi connectivity index (χ2n) is 5.65. The summed E-state index contributed by atoms with van der Waals surface area (Å²) in [5, 5.41) is 9.77. The Morgan fingerprint density at radius 3 is 2.52 bits per heavy atom. The van der Waals surface area contributed by atoms with Gasteiger partial charge in [0.25, 0.3) is 5.91 Å². The largest absolute Gasteiger partial charge is 0.350 e. The van der Waals surface area contributed by atoms with Crippen LogP contribution in [0.3, 0.4) is 0 Å². The van der Waals surface area contributed by atoms with Crippen molar-refractivity contribution in [1.29, 1.82) is 0 Å². The van der Waals surface area contributed by atoms with Crippen LogP contribution in [-0.2, 0) is 0 Å². The Morgan fingerprint density at radius 2 is 1.70 bits per heavy atom. The molecule has 1 heterocycles. The lowest BCUT2D eigenvalue weighted by molar-refractivity contribution is 0.0954. The fourth-order valence-electron chi connectivity index (χ4n) is 2.46. The van der Waals surface area contributed by atoms with Crippen molar-refractivity contribution >= 4 is 51.7 Å². The highest BCUT2D eigenvalue weighted by Crippen LogP contribution is 2.22. The number of pyridine rings is 1. The van der Waals surface area contributed by atoms with E-state index in [4.69, 9.17) is 23.2 Å². The van der Waals surface area contributed by atoms with E-state index in [0.717, 1.165) is 5.39 Å². The van der Waals surface area contributed by atoms with E-state index in [0.29, 0.717) is 26.8 Å². The first-order chi connectivity index (χ1) is 13.0. The fourth-order valence-corrected chi connectivity index (χ4v) is 2.76. The highest BCUT2D eigenvalue weighted by molar-refractivity contribution is 6.42. The van der Waals surface area contributed by atoms with Crippen LogP contribution >= 0.6 is 23.2 Å². The maximum atomic E-state index is 12.1. The van der Waals surface area contributed by atoms with Gasteiger partial charge in [-0.15, -0.1) is 0 Å². The van der Waals surface area contributed by atoms with Gasteiger partial charge in [-0.1, -0.05) is 41.4 Å². The summed E-state index contributed by atoms with van der Waals surface area (Å²) >= 11 is 11.7. The minimum atomic E-state index is -0.378. The van der Waals surface area contributed by atoms with Gasteiger partial charge in [0.2, 0.25) is 0 Å². The van der Waals surface area contributed by atoms with Gasteiger partial charge >= 0.3 is 6.03 Å². The van der Waals surface area contributed by atoms with Crippen LogP contribution in [-0.4, -0.2) is 30.0 Å². The predicted molar refractivity (Wildman–Crippen MR) is 108 cm³/mol. The molecule has 0 spiro atoms. The van der Waals surface area contributed by atoms with Gasteiger partial charge in [0.05, 0.1) is 21.2 Å².